The number of aliphatic carboxylic acids is 1. The van der Waals surface area contributed by atoms with Crippen molar-refractivity contribution in [3.05, 3.63) is 21.4 Å². The van der Waals surface area contributed by atoms with Gasteiger partial charge in [0.05, 0.1) is 11.3 Å². The van der Waals surface area contributed by atoms with Crippen LogP contribution in [0.5, 0.6) is 0 Å². The van der Waals surface area contributed by atoms with Gasteiger partial charge in [0.25, 0.3) is 5.91 Å². The number of fused-ring (bicyclic) bond motifs is 1. The molecule has 6 nitrogen and oxygen atoms in total. The molecular formula is C12H14N2O4S. The summed E-state index contributed by atoms with van der Waals surface area (Å²) in [5.74, 6) is -2.49. The summed E-state index contributed by atoms with van der Waals surface area (Å²) in [6, 6.07) is 0.521. The molecule has 0 unspecified atom stereocenters. The van der Waals surface area contributed by atoms with Crippen LogP contribution in [0.25, 0.3) is 0 Å². The van der Waals surface area contributed by atoms with Crippen molar-refractivity contribution in [2.45, 2.75) is 31.7 Å². The van der Waals surface area contributed by atoms with E-state index in [2.05, 4.69) is 5.32 Å². The predicted octanol–water partition coefficient (Wildman–Crippen LogP) is 0.295. The Morgan fingerprint density at radius 2 is 2.16 bits per heavy atom. The van der Waals surface area contributed by atoms with Crippen molar-refractivity contribution in [3.8, 4) is 0 Å². The maximum absolute atomic E-state index is 11.9. The molecule has 1 aromatic heterocycles. The van der Waals surface area contributed by atoms with E-state index >= 15 is 0 Å². The fourth-order valence-electron chi connectivity index (χ4n) is 2.07. The Bertz CT molecular complexity index is 516. The molecule has 1 atom stereocenters. The molecule has 0 aliphatic heterocycles. The van der Waals surface area contributed by atoms with Crippen LogP contribution in [0.2, 0.25) is 0 Å². The highest BCUT2D eigenvalue weighted by molar-refractivity contribution is 7.14. The minimum atomic E-state index is -1.28. The van der Waals surface area contributed by atoms with Gasteiger partial charge in [0.15, 0.2) is 0 Å². The third kappa shape index (κ3) is 3.11. The van der Waals surface area contributed by atoms with E-state index < -0.39 is 30.2 Å². The molecule has 102 valence electrons. The second-order valence-corrected chi connectivity index (χ2v) is 5.58. The largest absolute Gasteiger partial charge is 0.480 e. The summed E-state index contributed by atoms with van der Waals surface area (Å²) in [6.45, 7) is 0. The van der Waals surface area contributed by atoms with Gasteiger partial charge in [-0.3, -0.25) is 9.59 Å². The Morgan fingerprint density at radius 1 is 1.42 bits per heavy atom. The Labute approximate surface area is 113 Å². The number of carbonyl (C=O) groups is 3. The zero-order valence-electron chi connectivity index (χ0n) is 10.1. The highest BCUT2D eigenvalue weighted by Crippen LogP contribution is 2.30. The molecule has 7 heteroatoms. The summed E-state index contributed by atoms with van der Waals surface area (Å²) < 4.78 is 0. The lowest BCUT2D eigenvalue weighted by Gasteiger charge is -2.11. The van der Waals surface area contributed by atoms with Crippen LogP contribution in [0.4, 0.5) is 0 Å². The van der Waals surface area contributed by atoms with Gasteiger partial charge in [0.1, 0.15) is 6.04 Å². The summed E-state index contributed by atoms with van der Waals surface area (Å²) >= 11 is 1.38. The normalized spacial score (nSPS) is 14.7. The summed E-state index contributed by atoms with van der Waals surface area (Å²) in [6.07, 6.45) is 2.62. The SMILES string of the molecule is NC(=O)C[C@H](NC(=O)c1cc2c(s1)CCC2)C(=O)O. The number of primary amides is 1. The number of hydrogen-bond acceptors (Lipinski definition) is 4. The molecule has 1 heterocycles. The minimum absolute atomic E-state index is 0.411. The van der Waals surface area contributed by atoms with Gasteiger partial charge in [0.2, 0.25) is 5.91 Å². The first-order chi connectivity index (χ1) is 8.97. The van der Waals surface area contributed by atoms with E-state index in [1.807, 2.05) is 0 Å². The van der Waals surface area contributed by atoms with E-state index in [1.165, 1.54) is 16.2 Å². The van der Waals surface area contributed by atoms with Crippen molar-refractivity contribution >= 4 is 29.1 Å². The van der Waals surface area contributed by atoms with Gasteiger partial charge in [-0.15, -0.1) is 11.3 Å². The number of amides is 2. The first-order valence-corrected chi connectivity index (χ1v) is 6.72. The summed E-state index contributed by atoms with van der Waals surface area (Å²) in [7, 11) is 0. The molecule has 1 aliphatic rings. The standard InChI is InChI=1S/C12H14N2O4S/c13-10(15)5-7(12(17)18)14-11(16)9-4-6-2-1-3-8(6)19-9/h4,7H,1-3,5H2,(H2,13,15)(H,14,16)(H,17,18)/t7-/m0/s1. The molecule has 2 amide bonds. The second-order valence-electron chi connectivity index (χ2n) is 4.45. The third-order valence-electron chi connectivity index (χ3n) is 2.98. The van der Waals surface area contributed by atoms with Crippen LogP contribution in [0.15, 0.2) is 6.07 Å². The molecule has 4 N–H and O–H groups in total. The zero-order chi connectivity index (χ0) is 14.0. The van der Waals surface area contributed by atoms with Crippen LogP contribution >= 0.6 is 11.3 Å². The molecule has 0 spiro atoms. The van der Waals surface area contributed by atoms with Crippen LogP contribution in [-0.2, 0) is 22.4 Å². The summed E-state index contributed by atoms with van der Waals surface area (Å²) in [5, 5.41) is 11.2. The van der Waals surface area contributed by atoms with Crippen LogP contribution in [0.1, 0.15) is 33.0 Å². The maximum Gasteiger partial charge on any atom is 0.326 e. The molecule has 1 aromatic rings. The van der Waals surface area contributed by atoms with E-state index in [1.54, 1.807) is 6.07 Å². The zero-order valence-corrected chi connectivity index (χ0v) is 11.0. The smallest absolute Gasteiger partial charge is 0.326 e. The predicted molar refractivity (Wildman–Crippen MR) is 69.0 cm³/mol. The summed E-state index contributed by atoms with van der Waals surface area (Å²) in [5.41, 5.74) is 6.12. The molecule has 0 bridgehead atoms. The fraction of sp³-hybridized carbons (Fsp3) is 0.417. The molecule has 19 heavy (non-hydrogen) atoms. The van der Waals surface area contributed by atoms with Crippen molar-refractivity contribution in [3.63, 3.8) is 0 Å². The number of carboxylic acid groups (broad SMARTS) is 1. The third-order valence-corrected chi connectivity index (χ3v) is 4.21. The van der Waals surface area contributed by atoms with Crippen LogP contribution in [-0.4, -0.2) is 28.9 Å². The number of rotatable bonds is 5. The van der Waals surface area contributed by atoms with Crippen molar-refractivity contribution in [2.75, 3.05) is 0 Å². The quantitative estimate of drug-likeness (QED) is 0.721. The van der Waals surface area contributed by atoms with Crippen LogP contribution < -0.4 is 11.1 Å². The maximum atomic E-state index is 11.9. The molecule has 0 radical (unpaired) electrons. The number of nitrogens with one attached hydrogen (secondary N) is 1. The fourth-order valence-corrected chi connectivity index (χ4v) is 3.23. The Hall–Kier alpha value is -1.89. The summed E-state index contributed by atoms with van der Waals surface area (Å²) in [4.78, 5) is 35.3. The van der Waals surface area contributed by atoms with Crippen molar-refractivity contribution in [1.29, 1.82) is 0 Å². The highest BCUT2D eigenvalue weighted by atomic mass is 32.1. The number of carboxylic acids is 1. The average molecular weight is 282 g/mol. The van der Waals surface area contributed by atoms with Crippen LogP contribution in [0, 0.1) is 0 Å². The molecule has 0 fully saturated rings. The number of thiophene rings is 1. The Balaban J connectivity index is 2.06. The Morgan fingerprint density at radius 3 is 2.74 bits per heavy atom. The van der Waals surface area contributed by atoms with Gasteiger partial charge < -0.3 is 16.2 Å². The van der Waals surface area contributed by atoms with E-state index in [4.69, 9.17) is 10.8 Å². The lowest BCUT2D eigenvalue weighted by atomic mass is 10.2. The number of nitrogens with two attached hydrogens (primary N) is 1. The van der Waals surface area contributed by atoms with Crippen molar-refractivity contribution in [2.24, 2.45) is 5.73 Å². The lowest BCUT2D eigenvalue weighted by molar-refractivity contribution is -0.140. The Kier molecular flexibility index (Phi) is 3.84. The van der Waals surface area contributed by atoms with E-state index in [9.17, 15) is 14.4 Å². The lowest BCUT2D eigenvalue weighted by Crippen LogP contribution is -2.43. The molecular weight excluding hydrogens is 268 g/mol. The van der Waals surface area contributed by atoms with Crippen LogP contribution in [0.3, 0.4) is 0 Å². The van der Waals surface area contributed by atoms with Gasteiger partial charge in [-0.1, -0.05) is 0 Å². The molecule has 2 rings (SSSR count). The van der Waals surface area contributed by atoms with Crippen molar-refractivity contribution in [1.82, 2.24) is 5.32 Å². The van der Waals surface area contributed by atoms with Gasteiger partial charge in [-0.05, 0) is 30.9 Å². The van der Waals surface area contributed by atoms with Crippen molar-refractivity contribution < 1.29 is 19.5 Å². The van der Waals surface area contributed by atoms with E-state index in [0.717, 1.165) is 24.8 Å². The molecule has 0 aromatic carbocycles. The van der Waals surface area contributed by atoms with E-state index in [0.29, 0.717) is 4.88 Å². The monoisotopic (exact) mass is 282 g/mol. The first-order valence-electron chi connectivity index (χ1n) is 5.91. The molecule has 0 saturated carbocycles. The number of hydrogen-bond donors (Lipinski definition) is 3. The van der Waals surface area contributed by atoms with Gasteiger partial charge in [-0.25, -0.2) is 4.79 Å². The first kappa shape index (κ1) is 13.5. The second kappa shape index (κ2) is 5.40. The number of aryl methyl sites for hydroxylation is 2. The topological polar surface area (TPSA) is 109 Å². The average Bonchev–Trinajstić information content (AvgIpc) is 2.86. The minimum Gasteiger partial charge on any atom is -0.480 e. The number of carbonyl (C=O) groups excluding carboxylic acids is 2. The van der Waals surface area contributed by atoms with Gasteiger partial charge in [0, 0.05) is 4.88 Å². The van der Waals surface area contributed by atoms with E-state index in [-0.39, 0.29) is 0 Å². The van der Waals surface area contributed by atoms with Gasteiger partial charge >= 0.3 is 5.97 Å². The molecule has 0 saturated heterocycles. The van der Waals surface area contributed by atoms with Gasteiger partial charge in [-0.2, -0.15) is 0 Å². The molecule has 1 aliphatic carbocycles. The highest BCUT2D eigenvalue weighted by Gasteiger charge is 2.25.